The molecule has 5 nitrogen and oxygen atoms in total. The number of ketones is 1. The molecule has 1 saturated heterocycles. The molecule has 0 aliphatic carbocycles. The standard InChI is InChI=1S/C22H27N3O2/c1-17(19-6-4-3-5-7-19)23-22(27)16-24-12-14-25(15-13-24)21-10-8-20(9-11-21)18(2)26/h3-11,17H,12-16H2,1-2H3,(H,23,27). The molecule has 1 aliphatic rings. The van der Waals surface area contributed by atoms with Gasteiger partial charge < -0.3 is 10.2 Å². The first-order chi connectivity index (χ1) is 13.0. The average Bonchev–Trinajstić information content (AvgIpc) is 2.69. The normalized spacial score (nSPS) is 16.0. The van der Waals surface area contributed by atoms with E-state index in [-0.39, 0.29) is 17.7 Å². The van der Waals surface area contributed by atoms with E-state index in [4.69, 9.17) is 0 Å². The monoisotopic (exact) mass is 365 g/mol. The highest BCUT2D eigenvalue weighted by molar-refractivity contribution is 5.94. The Morgan fingerprint density at radius 3 is 2.19 bits per heavy atom. The van der Waals surface area contributed by atoms with E-state index < -0.39 is 0 Å². The smallest absolute Gasteiger partial charge is 0.234 e. The number of hydrogen-bond donors (Lipinski definition) is 1. The number of carbonyl (C=O) groups is 2. The summed E-state index contributed by atoms with van der Waals surface area (Å²) in [6.07, 6.45) is 0. The third-order valence-corrected chi connectivity index (χ3v) is 5.06. The Hall–Kier alpha value is -2.66. The third-order valence-electron chi connectivity index (χ3n) is 5.06. The molecule has 1 N–H and O–H groups in total. The largest absolute Gasteiger partial charge is 0.369 e. The van der Waals surface area contributed by atoms with E-state index >= 15 is 0 Å². The predicted molar refractivity (Wildman–Crippen MR) is 108 cm³/mol. The molecule has 0 spiro atoms. The van der Waals surface area contributed by atoms with Crippen LogP contribution in [0, 0.1) is 0 Å². The van der Waals surface area contributed by atoms with Crippen LogP contribution in [0.1, 0.15) is 35.8 Å². The maximum Gasteiger partial charge on any atom is 0.234 e. The summed E-state index contributed by atoms with van der Waals surface area (Å²) in [5, 5.41) is 3.08. The van der Waals surface area contributed by atoms with Crippen LogP contribution in [0.15, 0.2) is 54.6 Å². The van der Waals surface area contributed by atoms with E-state index in [0.29, 0.717) is 6.54 Å². The SMILES string of the molecule is CC(=O)c1ccc(N2CCN(CC(=O)NC(C)c3ccccc3)CC2)cc1. The zero-order chi connectivity index (χ0) is 19.2. The lowest BCUT2D eigenvalue weighted by Gasteiger charge is -2.36. The fourth-order valence-electron chi connectivity index (χ4n) is 3.39. The Labute approximate surface area is 161 Å². The molecule has 3 rings (SSSR count). The molecule has 1 unspecified atom stereocenters. The number of piperazine rings is 1. The number of nitrogens with one attached hydrogen (secondary N) is 1. The van der Waals surface area contributed by atoms with Crippen molar-refractivity contribution in [3.63, 3.8) is 0 Å². The van der Waals surface area contributed by atoms with Gasteiger partial charge in [0.15, 0.2) is 5.78 Å². The Morgan fingerprint density at radius 2 is 1.59 bits per heavy atom. The lowest BCUT2D eigenvalue weighted by molar-refractivity contribution is -0.123. The zero-order valence-electron chi connectivity index (χ0n) is 16.0. The second-order valence-electron chi connectivity index (χ2n) is 7.07. The van der Waals surface area contributed by atoms with Crippen molar-refractivity contribution in [2.24, 2.45) is 0 Å². The minimum Gasteiger partial charge on any atom is -0.369 e. The van der Waals surface area contributed by atoms with Crippen LogP contribution in [0.4, 0.5) is 5.69 Å². The molecule has 0 radical (unpaired) electrons. The summed E-state index contributed by atoms with van der Waals surface area (Å²) in [5.41, 5.74) is 2.98. The second-order valence-corrected chi connectivity index (χ2v) is 7.07. The zero-order valence-corrected chi connectivity index (χ0v) is 16.0. The molecule has 2 aromatic rings. The minimum absolute atomic E-state index is 0.0137. The van der Waals surface area contributed by atoms with Crippen molar-refractivity contribution in [1.82, 2.24) is 10.2 Å². The summed E-state index contributed by atoms with van der Waals surface area (Å²) in [4.78, 5) is 28.2. The van der Waals surface area contributed by atoms with E-state index in [2.05, 4.69) is 15.1 Å². The summed E-state index contributed by atoms with van der Waals surface area (Å²) < 4.78 is 0. The highest BCUT2D eigenvalue weighted by atomic mass is 16.2. The van der Waals surface area contributed by atoms with Crippen LogP contribution in [0.25, 0.3) is 0 Å². The molecule has 1 heterocycles. The van der Waals surface area contributed by atoms with Crippen molar-refractivity contribution < 1.29 is 9.59 Å². The van der Waals surface area contributed by atoms with Gasteiger partial charge in [-0.25, -0.2) is 0 Å². The fourth-order valence-corrected chi connectivity index (χ4v) is 3.39. The lowest BCUT2D eigenvalue weighted by atomic mass is 10.1. The highest BCUT2D eigenvalue weighted by Crippen LogP contribution is 2.18. The van der Waals surface area contributed by atoms with Crippen molar-refractivity contribution in [1.29, 1.82) is 0 Å². The number of rotatable bonds is 6. The van der Waals surface area contributed by atoms with Gasteiger partial charge in [0, 0.05) is 37.4 Å². The van der Waals surface area contributed by atoms with E-state index in [1.165, 1.54) is 0 Å². The van der Waals surface area contributed by atoms with Crippen LogP contribution in [-0.2, 0) is 4.79 Å². The maximum atomic E-state index is 12.3. The molecule has 142 valence electrons. The first-order valence-corrected chi connectivity index (χ1v) is 9.45. The average molecular weight is 365 g/mol. The van der Waals surface area contributed by atoms with E-state index in [9.17, 15) is 9.59 Å². The van der Waals surface area contributed by atoms with E-state index in [1.54, 1.807) is 6.92 Å². The Morgan fingerprint density at radius 1 is 0.963 bits per heavy atom. The van der Waals surface area contributed by atoms with Gasteiger partial charge in [-0.3, -0.25) is 14.5 Å². The number of carbonyl (C=O) groups excluding carboxylic acids is 2. The van der Waals surface area contributed by atoms with Crippen molar-refractivity contribution in [2.45, 2.75) is 19.9 Å². The summed E-state index contributed by atoms with van der Waals surface area (Å²) in [6, 6.07) is 17.8. The van der Waals surface area contributed by atoms with Gasteiger partial charge in [0.2, 0.25) is 5.91 Å². The molecule has 27 heavy (non-hydrogen) atoms. The number of hydrogen-bond acceptors (Lipinski definition) is 4. The van der Waals surface area contributed by atoms with Crippen LogP contribution < -0.4 is 10.2 Å². The second kappa shape index (κ2) is 8.82. The Bertz CT molecular complexity index is 766. The predicted octanol–water partition coefficient (Wildman–Crippen LogP) is 2.89. The Kier molecular flexibility index (Phi) is 6.24. The summed E-state index contributed by atoms with van der Waals surface area (Å²) in [6.45, 7) is 7.46. The van der Waals surface area contributed by atoms with Crippen molar-refractivity contribution in [2.75, 3.05) is 37.6 Å². The molecule has 1 aliphatic heterocycles. The van der Waals surface area contributed by atoms with Crippen molar-refractivity contribution in [3.05, 3.63) is 65.7 Å². The summed E-state index contributed by atoms with van der Waals surface area (Å²) >= 11 is 0. The molecule has 1 amide bonds. The number of Topliss-reactive ketones (excluding diaryl/α,β-unsaturated/α-hetero) is 1. The summed E-state index contributed by atoms with van der Waals surface area (Å²) in [5.74, 6) is 0.146. The van der Waals surface area contributed by atoms with Crippen molar-refractivity contribution in [3.8, 4) is 0 Å². The van der Waals surface area contributed by atoms with Gasteiger partial charge in [-0.05, 0) is 43.7 Å². The summed E-state index contributed by atoms with van der Waals surface area (Å²) in [7, 11) is 0. The molecule has 1 atom stereocenters. The number of anilines is 1. The molecule has 1 fully saturated rings. The van der Waals surface area contributed by atoms with Crippen LogP contribution in [0.3, 0.4) is 0 Å². The quantitative estimate of drug-likeness (QED) is 0.800. The minimum atomic E-state index is 0.0137. The number of nitrogens with zero attached hydrogens (tertiary/aromatic N) is 2. The number of amides is 1. The van der Waals surface area contributed by atoms with Gasteiger partial charge in [0.1, 0.15) is 0 Å². The van der Waals surface area contributed by atoms with Gasteiger partial charge in [-0.15, -0.1) is 0 Å². The first kappa shape index (κ1) is 19.1. The van der Waals surface area contributed by atoms with Crippen LogP contribution >= 0.6 is 0 Å². The first-order valence-electron chi connectivity index (χ1n) is 9.45. The van der Waals surface area contributed by atoms with E-state index in [0.717, 1.165) is 43.0 Å². The van der Waals surface area contributed by atoms with Crippen LogP contribution in [-0.4, -0.2) is 49.3 Å². The topological polar surface area (TPSA) is 52.7 Å². The fraction of sp³-hybridized carbons (Fsp3) is 0.364. The third kappa shape index (κ3) is 5.17. The molecule has 0 saturated carbocycles. The number of benzene rings is 2. The van der Waals surface area contributed by atoms with E-state index in [1.807, 2.05) is 61.5 Å². The van der Waals surface area contributed by atoms with Gasteiger partial charge in [0.05, 0.1) is 12.6 Å². The van der Waals surface area contributed by atoms with Gasteiger partial charge in [-0.1, -0.05) is 30.3 Å². The van der Waals surface area contributed by atoms with Gasteiger partial charge >= 0.3 is 0 Å². The van der Waals surface area contributed by atoms with Crippen molar-refractivity contribution >= 4 is 17.4 Å². The Balaban J connectivity index is 1.46. The molecule has 2 aromatic carbocycles. The van der Waals surface area contributed by atoms with Crippen LogP contribution in [0.5, 0.6) is 0 Å². The van der Waals surface area contributed by atoms with Gasteiger partial charge in [0.25, 0.3) is 0 Å². The molecule has 0 aromatic heterocycles. The molecular formula is C22H27N3O2. The van der Waals surface area contributed by atoms with Gasteiger partial charge in [-0.2, -0.15) is 0 Å². The van der Waals surface area contributed by atoms with Crippen LogP contribution in [0.2, 0.25) is 0 Å². The maximum absolute atomic E-state index is 12.3. The lowest BCUT2D eigenvalue weighted by Crippen LogP contribution is -2.49. The molecule has 5 heteroatoms. The molecule has 0 bridgehead atoms. The molecular weight excluding hydrogens is 338 g/mol. The highest BCUT2D eigenvalue weighted by Gasteiger charge is 2.20.